The van der Waals surface area contributed by atoms with Crippen LogP contribution in [0.3, 0.4) is 0 Å². The quantitative estimate of drug-likeness (QED) is 0.581. The van der Waals surface area contributed by atoms with Crippen LogP contribution in [0.15, 0.2) is 30.3 Å². The fourth-order valence-electron chi connectivity index (χ4n) is 3.02. The summed E-state index contributed by atoms with van der Waals surface area (Å²) in [6.45, 7) is 0.649. The molecule has 3 rings (SSSR count). The molecule has 8 heteroatoms. The second-order valence-corrected chi connectivity index (χ2v) is 6.71. The smallest absolute Gasteiger partial charge is 0.267 e. The number of aromatic nitrogens is 1. The first-order valence-electron chi connectivity index (χ1n) is 8.99. The Labute approximate surface area is 168 Å². The lowest BCUT2D eigenvalue weighted by molar-refractivity contribution is -0.137. The van der Waals surface area contributed by atoms with E-state index in [9.17, 15) is 14.3 Å². The van der Waals surface area contributed by atoms with Crippen LogP contribution in [0.2, 0.25) is 0 Å². The molecule has 0 unspecified atom stereocenters. The Morgan fingerprint density at radius 2 is 2.14 bits per heavy atom. The Bertz CT molecular complexity index is 986. The van der Waals surface area contributed by atoms with Gasteiger partial charge in [0.05, 0.1) is 31.8 Å². The van der Waals surface area contributed by atoms with Gasteiger partial charge in [-0.25, -0.2) is 4.39 Å². The lowest BCUT2D eigenvalue weighted by Crippen LogP contribution is -2.37. The van der Waals surface area contributed by atoms with Crippen molar-refractivity contribution < 1.29 is 23.8 Å². The number of aliphatic hydroxyl groups is 1. The molecular formula is C21H22FN3O4. The molecule has 0 radical (unpaired) electrons. The molecule has 1 atom stereocenters. The summed E-state index contributed by atoms with van der Waals surface area (Å²) in [5.74, 6) is 4.87. The van der Waals surface area contributed by atoms with Crippen LogP contribution in [0, 0.1) is 17.7 Å². The van der Waals surface area contributed by atoms with Crippen molar-refractivity contribution >= 4 is 5.91 Å². The molecular weight excluding hydrogens is 377 g/mol. The molecule has 1 aliphatic rings. The van der Waals surface area contributed by atoms with Gasteiger partial charge < -0.3 is 25.2 Å². The van der Waals surface area contributed by atoms with Crippen LogP contribution >= 0.6 is 0 Å². The van der Waals surface area contributed by atoms with Gasteiger partial charge >= 0.3 is 0 Å². The van der Waals surface area contributed by atoms with E-state index >= 15 is 0 Å². The number of likely N-dealkylation sites (tertiary alicyclic amines) is 1. The average molecular weight is 399 g/mol. The van der Waals surface area contributed by atoms with Gasteiger partial charge in [0.1, 0.15) is 11.6 Å². The molecule has 1 aromatic carbocycles. The summed E-state index contributed by atoms with van der Waals surface area (Å²) in [4.78, 5) is 17.9. The van der Waals surface area contributed by atoms with Gasteiger partial charge in [0.25, 0.3) is 5.91 Å². The molecule has 1 amide bonds. The van der Waals surface area contributed by atoms with E-state index in [0.29, 0.717) is 34.8 Å². The molecule has 29 heavy (non-hydrogen) atoms. The molecule has 2 aromatic rings. The SMILES string of the molecule is COc1cc(COCN)nc(-c2cc(F)cc(C#C[C@]3(O)CCN(C)C3=O)c2)c1. The number of nitrogens with zero attached hydrogens (tertiary/aromatic N) is 2. The molecule has 152 valence electrons. The summed E-state index contributed by atoms with van der Waals surface area (Å²) < 4.78 is 24.7. The van der Waals surface area contributed by atoms with Gasteiger partial charge in [-0.2, -0.15) is 0 Å². The summed E-state index contributed by atoms with van der Waals surface area (Å²) in [5, 5.41) is 10.4. The number of benzene rings is 1. The average Bonchev–Trinajstić information content (AvgIpc) is 2.98. The van der Waals surface area contributed by atoms with E-state index in [0.717, 1.165) is 0 Å². The predicted molar refractivity (Wildman–Crippen MR) is 104 cm³/mol. The largest absolute Gasteiger partial charge is 0.497 e. The minimum absolute atomic E-state index is 0.0464. The third kappa shape index (κ3) is 4.71. The highest BCUT2D eigenvalue weighted by Gasteiger charge is 2.42. The third-order valence-electron chi connectivity index (χ3n) is 4.57. The van der Waals surface area contributed by atoms with Crippen LogP contribution in [0.5, 0.6) is 5.75 Å². The lowest BCUT2D eigenvalue weighted by atomic mass is 10.0. The van der Waals surface area contributed by atoms with E-state index in [2.05, 4.69) is 16.8 Å². The highest BCUT2D eigenvalue weighted by atomic mass is 19.1. The van der Waals surface area contributed by atoms with Crippen LogP contribution in [0.1, 0.15) is 17.7 Å². The van der Waals surface area contributed by atoms with Crippen molar-refractivity contribution in [2.45, 2.75) is 18.6 Å². The number of amides is 1. The van der Waals surface area contributed by atoms with Crippen molar-refractivity contribution in [3.63, 3.8) is 0 Å². The standard InChI is InChI=1S/C21H22FN3O4/c1-25-6-5-21(27,20(25)26)4-3-14-7-15(9-16(22)8-14)19-11-18(28-2)10-17(24-19)12-29-13-23/h7-11,27H,5-6,12-13,23H2,1-2H3/t21-/m0/s1. The number of hydrogen-bond donors (Lipinski definition) is 2. The van der Waals surface area contributed by atoms with Crippen LogP contribution in [-0.2, 0) is 16.1 Å². The Morgan fingerprint density at radius 3 is 2.79 bits per heavy atom. The van der Waals surface area contributed by atoms with Gasteiger partial charge in [0, 0.05) is 43.3 Å². The number of nitrogens with two attached hydrogens (primary N) is 1. The van der Waals surface area contributed by atoms with Crippen molar-refractivity contribution in [2.24, 2.45) is 5.73 Å². The molecule has 0 spiro atoms. The van der Waals surface area contributed by atoms with Gasteiger partial charge in [-0.15, -0.1) is 0 Å². The van der Waals surface area contributed by atoms with E-state index in [4.69, 9.17) is 15.2 Å². The molecule has 1 aromatic heterocycles. The van der Waals surface area contributed by atoms with Crippen LogP contribution in [0.4, 0.5) is 4.39 Å². The number of rotatable bonds is 5. The van der Waals surface area contributed by atoms with Crippen molar-refractivity contribution in [1.29, 1.82) is 0 Å². The summed E-state index contributed by atoms with van der Waals surface area (Å²) >= 11 is 0. The van der Waals surface area contributed by atoms with Gasteiger partial charge in [-0.05, 0) is 18.2 Å². The van der Waals surface area contributed by atoms with E-state index < -0.39 is 17.3 Å². The van der Waals surface area contributed by atoms with E-state index in [-0.39, 0.29) is 19.8 Å². The molecule has 1 fully saturated rings. The zero-order valence-corrected chi connectivity index (χ0v) is 16.2. The van der Waals surface area contributed by atoms with Crippen LogP contribution in [0.25, 0.3) is 11.3 Å². The number of carbonyl (C=O) groups excluding carboxylic acids is 1. The molecule has 0 saturated carbocycles. The van der Waals surface area contributed by atoms with Gasteiger partial charge in [-0.3, -0.25) is 9.78 Å². The number of halogens is 1. The maximum Gasteiger partial charge on any atom is 0.267 e. The van der Waals surface area contributed by atoms with Crippen LogP contribution < -0.4 is 10.5 Å². The second-order valence-electron chi connectivity index (χ2n) is 6.71. The van der Waals surface area contributed by atoms with Gasteiger partial charge in [-0.1, -0.05) is 11.8 Å². The fraction of sp³-hybridized carbons (Fsp3) is 0.333. The highest BCUT2D eigenvalue weighted by Crippen LogP contribution is 2.26. The molecule has 1 aliphatic heterocycles. The number of methoxy groups -OCH3 is 1. The summed E-state index contributed by atoms with van der Waals surface area (Å²) in [5.41, 5.74) is 5.45. The maximum absolute atomic E-state index is 14.2. The summed E-state index contributed by atoms with van der Waals surface area (Å²) in [7, 11) is 3.12. The van der Waals surface area contributed by atoms with Crippen LogP contribution in [-0.4, -0.2) is 53.9 Å². The maximum atomic E-state index is 14.2. The molecule has 1 saturated heterocycles. The Hall–Kier alpha value is -2.99. The Kier molecular flexibility index (Phi) is 6.13. The Morgan fingerprint density at radius 1 is 1.34 bits per heavy atom. The number of ether oxygens (including phenoxy) is 2. The zero-order chi connectivity index (χ0) is 21.0. The number of pyridine rings is 1. The molecule has 7 nitrogen and oxygen atoms in total. The highest BCUT2D eigenvalue weighted by molar-refractivity contribution is 5.90. The Balaban J connectivity index is 1.96. The minimum atomic E-state index is -1.75. The van der Waals surface area contributed by atoms with Crippen molar-refractivity contribution in [3.05, 3.63) is 47.4 Å². The second kappa shape index (κ2) is 8.57. The summed E-state index contributed by atoms with van der Waals surface area (Å²) in [6.07, 6.45) is 0.208. The molecule has 0 aliphatic carbocycles. The van der Waals surface area contributed by atoms with Crippen molar-refractivity contribution in [3.8, 4) is 28.8 Å². The number of carbonyl (C=O) groups is 1. The van der Waals surface area contributed by atoms with E-state index in [1.54, 1.807) is 25.2 Å². The first-order valence-corrected chi connectivity index (χ1v) is 8.99. The predicted octanol–water partition coefficient (Wildman–Crippen LogP) is 1.27. The molecule has 3 N–H and O–H groups in total. The van der Waals surface area contributed by atoms with E-state index in [1.807, 2.05) is 0 Å². The molecule has 0 bridgehead atoms. The minimum Gasteiger partial charge on any atom is -0.497 e. The first-order chi connectivity index (χ1) is 13.8. The normalized spacial score (nSPS) is 18.5. The zero-order valence-electron chi connectivity index (χ0n) is 16.2. The van der Waals surface area contributed by atoms with E-state index in [1.165, 1.54) is 24.1 Å². The van der Waals surface area contributed by atoms with Crippen molar-refractivity contribution in [2.75, 3.05) is 27.4 Å². The molecule has 2 heterocycles. The van der Waals surface area contributed by atoms with Crippen molar-refractivity contribution in [1.82, 2.24) is 9.88 Å². The number of hydrogen-bond acceptors (Lipinski definition) is 6. The first kappa shape index (κ1) is 20.7. The van der Waals surface area contributed by atoms with Gasteiger partial charge in [0.15, 0.2) is 0 Å². The third-order valence-corrected chi connectivity index (χ3v) is 4.57. The number of likely N-dealkylation sites (N-methyl/N-ethyl adjacent to an activating group) is 1. The topological polar surface area (TPSA) is 97.9 Å². The lowest BCUT2D eigenvalue weighted by Gasteiger charge is -2.13. The monoisotopic (exact) mass is 399 g/mol. The summed E-state index contributed by atoms with van der Waals surface area (Å²) in [6, 6.07) is 7.57. The fourth-order valence-corrected chi connectivity index (χ4v) is 3.02. The van der Waals surface area contributed by atoms with Gasteiger partial charge in [0.2, 0.25) is 5.60 Å².